The van der Waals surface area contributed by atoms with Gasteiger partial charge in [-0.1, -0.05) is 0 Å². The van der Waals surface area contributed by atoms with E-state index in [0.29, 0.717) is 6.42 Å². The Kier molecular flexibility index (Phi) is 5.69. The van der Waals surface area contributed by atoms with Crippen LogP contribution in [0.25, 0.3) is 0 Å². The number of carboxylic acids is 1. The number of rotatable bonds is 7. The monoisotopic (exact) mass is 283 g/mol. The molecule has 0 aliphatic heterocycles. The second kappa shape index (κ2) is 7.04. The van der Waals surface area contributed by atoms with Crippen LogP contribution >= 0.6 is 0 Å². The van der Waals surface area contributed by atoms with Crippen molar-refractivity contribution in [3.05, 3.63) is 17.0 Å². The molecule has 0 saturated heterocycles. The summed E-state index contributed by atoms with van der Waals surface area (Å²) < 4.78 is 1.76. The van der Waals surface area contributed by atoms with Gasteiger partial charge >= 0.3 is 5.97 Å². The van der Waals surface area contributed by atoms with Crippen LogP contribution in [-0.4, -0.2) is 44.5 Å². The molecule has 1 unspecified atom stereocenters. The van der Waals surface area contributed by atoms with Gasteiger partial charge in [-0.2, -0.15) is 5.10 Å². The molecule has 0 spiro atoms. The first-order valence-electron chi connectivity index (χ1n) is 6.49. The molecule has 0 fully saturated rings. The largest absolute Gasteiger partial charge is 0.480 e. The molecule has 1 aromatic rings. The summed E-state index contributed by atoms with van der Waals surface area (Å²) in [5.41, 5.74) is 2.89. The van der Waals surface area contributed by atoms with Crippen molar-refractivity contribution < 1.29 is 19.8 Å². The minimum Gasteiger partial charge on any atom is -0.480 e. The van der Waals surface area contributed by atoms with Crippen LogP contribution in [0.2, 0.25) is 0 Å². The van der Waals surface area contributed by atoms with Gasteiger partial charge in [0.1, 0.15) is 6.04 Å². The molecular formula is C13H21N3O4. The van der Waals surface area contributed by atoms with Crippen molar-refractivity contribution in [1.29, 1.82) is 0 Å². The molecule has 20 heavy (non-hydrogen) atoms. The first-order valence-corrected chi connectivity index (χ1v) is 6.49. The van der Waals surface area contributed by atoms with Crippen LogP contribution in [0.1, 0.15) is 29.8 Å². The normalized spacial score (nSPS) is 12.2. The summed E-state index contributed by atoms with van der Waals surface area (Å²) in [6.07, 6.45) is 0.720. The highest BCUT2D eigenvalue weighted by atomic mass is 16.4. The number of nitrogens with one attached hydrogen (secondary N) is 1. The molecule has 0 aliphatic rings. The van der Waals surface area contributed by atoms with Gasteiger partial charge in [0.25, 0.3) is 0 Å². The van der Waals surface area contributed by atoms with Crippen LogP contribution in [0, 0.1) is 13.8 Å². The van der Waals surface area contributed by atoms with E-state index in [-0.39, 0.29) is 25.4 Å². The Balaban J connectivity index is 2.56. The fourth-order valence-electron chi connectivity index (χ4n) is 2.07. The highest BCUT2D eigenvalue weighted by Gasteiger charge is 2.19. The molecule has 1 aromatic heterocycles. The number of nitrogens with zero attached hydrogens (tertiary/aromatic N) is 2. The Morgan fingerprint density at radius 3 is 2.50 bits per heavy atom. The van der Waals surface area contributed by atoms with Crippen LogP contribution in [0.4, 0.5) is 0 Å². The molecule has 0 radical (unpaired) electrons. The Bertz CT molecular complexity index is 496. The third-order valence-electron chi connectivity index (χ3n) is 3.31. The summed E-state index contributed by atoms with van der Waals surface area (Å²) in [5, 5.41) is 24.3. The van der Waals surface area contributed by atoms with Crippen molar-refractivity contribution in [3.63, 3.8) is 0 Å². The van der Waals surface area contributed by atoms with E-state index >= 15 is 0 Å². The van der Waals surface area contributed by atoms with Gasteiger partial charge in [0.05, 0.1) is 5.69 Å². The van der Waals surface area contributed by atoms with Crippen LogP contribution in [0.3, 0.4) is 0 Å². The second-order valence-corrected chi connectivity index (χ2v) is 4.74. The predicted molar refractivity (Wildman–Crippen MR) is 72.3 cm³/mol. The SMILES string of the molecule is Cc1nn(C)c(C)c1CCC(=O)NC(CCO)C(=O)O. The Morgan fingerprint density at radius 2 is 2.05 bits per heavy atom. The molecule has 7 nitrogen and oxygen atoms in total. The van der Waals surface area contributed by atoms with Gasteiger partial charge in [-0.05, 0) is 25.8 Å². The maximum absolute atomic E-state index is 11.8. The van der Waals surface area contributed by atoms with E-state index in [0.717, 1.165) is 17.0 Å². The summed E-state index contributed by atoms with van der Waals surface area (Å²) in [7, 11) is 1.84. The number of aliphatic carboxylic acids is 1. The van der Waals surface area contributed by atoms with E-state index in [4.69, 9.17) is 10.2 Å². The molecular weight excluding hydrogens is 262 g/mol. The smallest absolute Gasteiger partial charge is 0.326 e. The molecule has 1 rings (SSSR count). The summed E-state index contributed by atoms with van der Waals surface area (Å²) in [4.78, 5) is 22.6. The van der Waals surface area contributed by atoms with Crippen LogP contribution in [0.5, 0.6) is 0 Å². The lowest BCUT2D eigenvalue weighted by Gasteiger charge is -2.13. The number of aliphatic hydroxyl groups excluding tert-OH is 1. The molecule has 0 saturated carbocycles. The number of hydrogen-bond donors (Lipinski definition) is 3. The van der Waals surface area contributed by atoms with E-state index in [1.807, 2.05) is 20.9 Å². The highest BCUT2D eigenvalue weighted by Crippen LogP contribution is 2.14. The summed E-state index contributed by atoms with van der Waals surface area (Å²) in [6, 6.07) is -1.04. The first-order chi connectivity index (χ1) is 9.36. The summed E-state index contributed by atoms with van der Waals surface area (Å²) in [6.45, 7) is 3.53. The van der Waals surface area contributed by atoms with Gasteiger partial charge in [-0.3, -0.25) is 9.48 Å². The lowest BCUT2D eigenvalue weighted by Crippen LogP contribution is -2.41. The number of amides is 1. The molecule has 0 aliphatic carbocycles. The van der Waals surface area contributed by atoms with Gasteiger partial charge < -0.3 is 15.5 Å². The van der Waals surface area contributed by atoms with Gasteiger partial charge in [-0.25, -0.2) is 4.79 Å². The third kappa shape index (κ3) is 4.06. The predicted octanol–water partition coefficient (Wildman–Crippen LogP) is -0.0787. The van der Waals surface area contributed by atoms with E-state index < -0.39 is 12.0 Å². The first kappa shape index (κ1) is 16.2. The number of aliphatic hydroxyl groups is 1. The molecule has 7 heteroatoms. The minimum atomic E-state index is -1.14. The van der Waals surface area contributed by atoms with Crippen LogP contribution in [0.15, 0.2) is 0 Å². The minimum absolute atomic E-state index is 0.00597. The van der Waals surface area contributed by atoms with Crippen molar-refractivity contribution in [3.8, 4) is 0 Å². The zero-order valence-electron chi connectivity index (χ0n) is 12.0. The van der Waals surface area contributed by atoms with Gasteiger partial charge in [0.2, 0.25) is 5.91 Å². The zero-order chi connectivity index (χ0) is 15.3. The number of aryl methyl sites for hydroxylation is 2. The second-order valence-electron chi connectivity index (χ2n) is 4.74. The fourth-order valence-corrected chi connectivity index (χ4v) is 2.07. The Hall–Kier alpha value is -1.89. The number of carbonyl (C=O) groups excluding carboxylic acids is 1. The lowest BCUT2D eigenvalue weighted by atomic mass is 10.1. The summed E-state index contributed by atoms with van der Waals surface area (Å²) >= 11 is 0. The zero-order valence-corrected chi connectivity index (χ0v) is 12.0. The lowest BCUT2D eigenvalue weighted by molar-refractivity contribution is -0.142. The average molecular weight is 283 g/mol. The average Bonchev–Trinajstić information content (AvgIpc) is 2.60. The van der Waals surface area contributed by atoms with Gasteiger partial charge in [-0.15, -0.1) is 0 Å². The van der Waals surface area contributed by atoms with Crippen LogP contribution < -0.4 is 5.32 Å². The molecule has 112 valence electrons. The molecule has 0 bridgehead atoms. The number of carbonyl (C=O) groups is 2. The highest BCUT2D eigenvalue weighted by molar-refractivity contribution is 5.83. The van der Waals surface area contributed by atoms with Crippen molar-refractivity contribution in [2.75, 3.05) is 6.61 Å². The third-order valence-corrected chi connectivity index (χ3v) is 3.31. The molecule has 0 aromatic carbocycles. The summed E-state index contributed by atoms with van der Waals surface area (Å²) in [5.74, 6) is -1.48. The molecule has 1 heterocycles. The van der Waals surface area contributed by atoms with E-state index in [1.54, 1.807) is 4.68 Å². The maximum atomic E-state index is 11.8. The molecule has 1 amide bonds. The topological polar surface area (TPSA) is 104 Å². The fraction of sp³-hybridized carbons (Fsp3) is 0.615. The number of carboxylic acid groups (broad SMARTS) is 1. The maximum Gasteiger partial charge on any atom is 0.326 e. The molecule has 1 atom stereocenters. The van der Waals surface area contributed by atoms with E-state index in [1.165, 1.54) is 0 Å². The molecule has 3 N–H and O–H groups in total. The van der Waals surface area contributed by atoms with Crippen molar-refractivity contribution >= 4 is 11.9 Å². The van der Waals surface area contributed by atoms with Crippen LogP contribution in [-0.2, 0) is 23.1 Å². The van der Waals surface area contributed by atoms with Crippen molar-refractivity contribution in [1.82, 2.24) is 15.1 Å². The quantitative estimate of drug-likeness (QED) is 0.649. The van der Waals surface area contributed by atoms with E-state index in [9.17, 15) is 9.59 Å². The Labute approximate surface area is 117 Å². The van der Waals surface area contributed by atoms with E-state index in [2.05, 4.69) is 10.4 Å². The van der Waals surface area contributed by atoms with Gasteiger partial charge in [0.15, 0.2) is 0 Å². The van der Waals surface area contributed by atoms with Crippen molar-refractivity contribution in [2.45, 2.75) is 39.2 Å². The van der Waals surface area contributed by atoms with Crippen molar-refractivity contribution in [2.24, 2.45) is 7.05 Å². The Morgan fingerprint density at radius 1 is 1.40 bits per heavy atom. The van der Waals surface area contributed by atoms with Gasteiger partial charge in [0, 0.05) is 32.2 Å². The number of aromatic nitrogens is 2. The standard InChI is InChI=1S/C13H21N3O4/c1-8-10(9(2)16(3)15-8)4-5-12(18)14-11(6-7-17)13(19)20/h11,17H,4-7H2,1-3H3,(H,14,18)(H,19,20). The number of hydrogen-bond acceptors (Lipinski definition) is 4.